The third kappa shape index (κ3) is 5.54. The molecule has 4 aromatic rings. The Hall–Kier alpha value is -2.90. The van der Waals surface area contributed by atoms with E-state index >= 15 is 0 Å². The van der Waals surface area contributed by atoms with Gasteiger partial charge in [-0.1, -0.05) is 28.1 Å². The van der Waals surface area contributed by atoms with Crippen molar-refractivity contribution in [3.8, 4) is 17.6 Å². The van der Waals surface area contributed by atoms with E-state index in [1.165, 1.54) is 12.1 Å². The van der Waals surface area contributed by atoms with Gasteiger partial charge in [-0.3, -0.25) is 0 Å². The summed E-state index contributed by atoms with van der Waals surface area (Å²) in [6.45, 7) is 2.78. The summed E-state index contributed by atoms with van der Waals surface area (Å²) in [7, 11) is 0. The van der Waals surface area contributed by atoms with Crippen molar-refractivity contribution < 1.29 is 13.9 Å². The number of fused-ring (bicyclic) bond motifs is 1. The molecule has 166 valence electrons. The maximum atomic E-state index is 13.5. The van der Waals surface area contributed by atoms with Crippen molar-refractivity contribution in [2.24, 2.45) is 0 Å². The minimum absolute atomic E-state index is 0.327. The van der Waals surface area contributed by atoms with Crippen LogP contribution in [0.3, 0.4) is 0 Å². The molecule has 4 rings (SSSR count). The molecular formula is C25H18BrFIN3O2. The summed E-state index contributed by atoms with van der Waals surface area (Å²) >= 11 is 5.63. The lowest BCUT2D eigenvalue weighted by atomic mass is 10.1. The highest BCUT2D eigenvalue weighted by molar-refractivity contribution is 14.1. The Morgan fingerprint density at radius 1 is 1.18 bits per heavy atom. The molecule has 0 atom stereocenters. The monoisotopic (exact) mass is 617 g/mol. The molecule has 1 heterocycles. The number of allylic oxidation sites excluding steroid dienone is 1. The molecule has 0 radical (unpaired) electrons. The van der Waals surface area contributed by atoms with E-state index < -0.39 is 0 Å². The number of H-pyrrole nitrogens is 1. The number of imidazole rings is 1. The second-order valence-electron chi connectivity index (χ2n) is 7.09. The lowest BCUT2D eigenvalue weighted by Gasteiger charge is -2.15. The molecule has 1 aromatic heterocycles. The maximum Gasteiger partial charge on any atom is 0.175 e. The average molecular weight is 618 g/mol. The first-order chi connectivity index (χ1) is 16.0. The van der Waals surface area contributed by atoms with Gasteiger partial charge in [0, 0.05) is 4.47 Å². The van der Waals surface area contributed by atoms with Gasteiger partial charge in [-0.15, -0.1) is 0 Å². The number of nitrogens with one attached hydrogen (secondary N) is 1. The third-order valence-corrected chi connectivity index (χ3v) is 6.09. The highest BCUT2D eigenvalue weighted by atomic mass is 127. The molecule has 0 amide bonds. The normalized spacial score (nSPS) is 11.4. The van der Waals surface area contributed by atoms with E-state index in [0.717, 1.165) is 19.2 Å². The van der Waals surface area contributed by atoms with Gasteiger partial charge in [0.2, 0.25) is 0 Å². The zero-order valence-corrected chi connectivity index (χ0v) is 21.3. The molecule has 0 aliphatic carbocycles. The molecule has 0 aliphatic rings. The number of nitrogens with zero attached hydrogens (tertiary/aromatic N) is 2. The van der Waals surface area contributed by atoms with Gasteiger partial charge in [-0.05, 0) is 89.2 Å². The SMILES string of the molecule is CCOc1cc(/C=C(/C#N)c2nc3ccc(F)cc3[nH]2)cc(I)c1OCc1ccc(Br)cc1. The zero-order chi connectivity index (χ0) is 23.4. The summed E-state index contributed by atoms with van der Waals surface area (Å²) in [4.78, 5) is 7.43. The molecule has 0 saturated heterocycles. The predicted octanol–water partition coefficient (Wildman–Crippen LogP) is 7.11. The van der Waals surface area contributed by atoms with Crippen LogP contribution in [0.5, 0.6) is 11.5 Å². The van der Waals surface area contributed by atoms with Crippen LogP contribution in [0.2, 0.25) is 0 Å². The number of ether oxygens (including phenoxy) is 2. The van der Waals surface area contributed by atoms with E-state index in [4.69, 9.17) is 9.47 Å². The first kappa shape index (κ1) is 23.3. The number of halogens is 3. The van der Waals surface area contributed by atoms with Gasteiger partial charge in [0.1, 0.15) is 24.3 Å². The summed E-state index contributed by atoms with van der Waals surface area (Å²) in [6.07, 6.45) is 1.72. The highest BCUT2D eigenvalue weighted by Crippen LogP contribution is 2.36. The second kappa shape index (κ2) is 10.4. The van der Waals surface area contributed by atoms with Crippen LogP contribution >= 0.6 is 38.5 Å². The van der Waals surface area contributed by atoms with Crippen molar-refractivity contribution in [2.45, 2.75) is 13.5 Å². The van der Waals surface area contributed by atoms with Gasteiger partial charge < -0.3 is 14.5 Å². The predicted molar refractivity (Wildman–Crippen MR) is 138 cm³/mol. The fourth-order valence-electron chi connectivity index (χ4n) is 3.24. The second-order valence-corrected chi connectivity index (χ2v) is 9.17. The minimum Gasteiger partial charge on any atom is -0.490 e. The van der Waals surface area contributed by atoms with Crippen molar-refractivity contribution in [1.29, 1.82) is 5.26 Å². The fourth-order valence-corrected chi connectivity index (χ4v) is 4.29. The van der Waals surface area contributed by atoms with Crippen LogP contribution in [0.15, 0.2) is 59.1 Å². The Bertz CT molecular complexity index is 1380. The number of aromatic amines is 1. The van der Waals surface area contributed by atoms with Gasteiger partial charge >= 0.3 is 0 Å². The number of hydrogen-bond donors (Lipinski definition) is 1. The van der Waals surface area contributed by atoms with Crippen molar-refractivity contribution in [1.82, 2.24) is 9.97 Å². The quantitative estimate of drug-likeness (QED) is 0.177. The molecule has 5 nitrogen and oxygen atoms in total. The molecule has 0 spiro atoms. The largest absolute Gasteiger partial charge is 0.490 e. The van der Waals surface area contributed by atoms with Crippen molar-refractivity contribution in [2.75, 3.05) is 6.61 Å². The molecule has 3 aromatic carbocycles. The maximum absolute atomic E-state index is 13.5. The molecule has 0 unspecified atom stereocenters. The highest BCUT2D eigenvalue weighted by Gasteiger charge is 2.14. The minimum atomic E-state index is -0.366. The Morgan fingerprint density at radius 2 is 1.97 bits per heavy atom. The molecule has 8 heteroatoms. The van der Waals surface area contributed by atoms with E-state index in [1.807, 2.05) is 43.3 Å². The Balaban J connectivity index is 1.65. The van der Waals surface area contributed by atoms with Gasteiger partial charge in [-0.2, -0.15) is 5.26 Å². The molecule has 1 N–H and O–H groups in total. The smallest absolute Gasteiger partial charge is 0.175 e. The van der Waals surface area contributed by atoms with Crippen molar-refractivity contribution >= 4 is 61.2 Å². The molecule has 0 aliphatic heterocycles. The van der Waals surface area contributed by atoms with Crippen molar-refractivity contribution in [3.63, 3.8) is 0 Å². The number of nitriles is 1. The van der Waals surface area contributed by atoms with Crippen LogP contribution in [0.1, 0.15) is 23.9 Å². The number of aromatic nitrogens is 2. The van der Waals surface area contributed by atoms with Crippen LogP contribution in [0, 0.1) is 20.7 Å². The molecule has 33 heavy (non-hydrogen) atoms. The Morgan fingerprint density at radius 3 is 2.70 bits per heavy atom. The lowest BCUT2D eigenvalue weighted by molar-refractivity contribution is 0.267. The van der Waals surface area contributed by atoms with E-state index in [-0.39, 0.29) is 5.82 Å². The van der Waals surface area contributed by atoms with E-state index in [9.17, 15) is 9.65 Å². The van der Waals surface area contributed by atoms with Crippen LogP contribution in [-0.4, -0.2) is 16.6 Å². The molecule has 0 fully saturated rings. The van der Waals surface area contributed by atoms with E-state index in [1.54, 1.807) is 12.1 Å². The summed E-state index contributed by atoms with van der Waals surface area (Å²) in [5.74, 6) is 1.25. The first-order valence-electron chi connectivity index (χ1n) is 10.1. The Labute approximate surface area is 212 Å². The number of rotatable bonds is 7. The topological polar surface area (TPSA) is 70.9 Å². The van der Waals surface area contributed by atoms with Gasteiger partial charge in [0.25, 0.3) is 0 Å². The van der Waals surface area contributed by atoms with E-state index in [0.29, 0.717) is 47.1 Å². The average Bonchev–Trinajstić information content (AvgIpc) is 3.21. The van der Waals surface area contributed by atoms with Crippen LogP contribution in [0.25, 0.3) is 22.7 Å². The first-order valence-corrected chi connectivity index (χ1v) is 11.9. The number of benzene rings is 3. The van der Waals surface area contributed by atoms with Crippen LogP contribution < -0.4 is 9.47 Å². The lowest BCUT2D eigenvalue weighted by Crippen LogP contribution is -2.02. The van der Waals surface area contributed by atoms with E-state index in [2.05, 4.69) is 54.6 Å². The molecular weight excluding hydrogens is 600 g/mol. The third-order valence-electron chi connectivity index (χ3n) is 4.76. The summed E-state index contributed by atoms with van der Waals surface area (Å²) in [5, 5.41) is 9.73. The molecule has 0 saturated carbocycles. The van der Waals surface area contributed by atoms with Crippen LogP contribution in [0.4, 0.5) is 4.39 Å². The fraction of sp³-hybridized carbons (Fsp3) is 0.120. The summed E-state index contributed by atoms with van der Waals surface area (Å²) in [6, 6.07) is 18.1. The van der Waals surface area contributed by atoms with Crippen LogP contribution in [-0.2, 0) is 6.61 Å². The summed E-state index contributed by atoms with van der Waals surface area (Å²) < 4.78 is 27.3. The standard InChI is InChI=1S/C25H18BrFIN3O2/c1-2-32-23-11-16(10-20(28)24(23)33-14-15-3-5-18(26)6-4-15)9-17(13-29)25-30-21-8-7-19(27)12-22(21)31-25/h3-12H,2,14H2,1H3,(H,30,31)/b17-9-. The molecule has 0 bridgehead atoms. The Kier molecular flexibility index (Phi) is 7.30. The van der Waals surface area contributed by atoms with Gasteiger partial charge in [0.05, 0.1) is 26.8 Å². The summed E-state index contributed by atoms with van der Waals surface area (Å²) in [5.41, 5.74) is 3.25. The zero-order valence-electron chi connectivity index (χ0n) is 17.5. The van der Waals surface area contributed by atoms with Gasteiger partial charge in [0.15, 0.2) is 11.5 Å². The van der Waals surface area contributed by atoms with Gasteiger partial charge in [-0.25, -0.2) is 9.37 Å². The number of hydrogen-bond acceptors (Lipinski definition) is 4. The van der Waals surface area contributed by atoms with Crippen molar-refractivity contribution in [3.05, 3.63) is 85.4 Å².